The molecule has 1 aliphatic carbocycles. The van der Waals surface area contributed by atoms with Crippen LogP contribution in [0, 0.1) is 0 Å². The number of hydrogen-bond acceptors (Lipinski definition) is 8. The van der Waals surface area contributed by atoms with Gasteiger partial charge in [0, 0.05) is 4.88 Å². The summed E-state index contributed by atoms with van der Waals surface area (Å²) in [6, 6.07) is 12.4. The number of aromatic nitrogens is 2. The van der Waals surface area contributed by atoms with E-state index in [1.165, 1.54) is 23.0 Å². The minimum absolute atomic E-state index is 0.138. The van der Waals surface area contributed by atoms with Crippen molar-refractivity contribution in [1.29, 1.82) is 0 Å². The summed E-state index contributed by atoms with van der Waals surface area (Å²) in [7, 11) is 2.92. The number of benzene rings is 2. The molecule has 9 heteroatoms. The number of fused-ring (bicyclic) bond motifs is 3. The lowest BCUT2D eigenvalue weighted by molar-refractivity contribution is 0.0600. The summed E-state index contributed by atoms with van der Waals surface area (Å²) >= 11 is 1.62. The highest BCUT2D eigenvalue weighted by molar-refractivity contribution is 7.18. The van der Waals surface area contributed by atoms with Crippen LogP contribution < -0.4 is 15.0 Å². The summed E-state index contributed by atoms with van der Waals surface area (Å²) in [4.78, 5) is 31.2. The summed E-state index contributed by atoms with van der Waals surface area (Å²) in [5, 5.41) is 5.07. The van der Waals surface area contributed by atoms with Crippen LogP contribution in [0.4, 0.5) is 0 Å². The van der Waals surface area contributed by atoms with Gasteiger partial charge in [-0.05, 0) is 72.7 Å². The quantitative estimate of drug-likeness (QED) is 0.271. The largest absolute Gasteiger partial charge is 0.493 e. The van der Waals surface area contributed by atoms with Gasteiger partial charge in [0.05, 0.1) is 31.4 Å². The maximum absolute atomic E-state index is 13.1. The van der Waals surface area contributed by atoms with E-state index in [9.17, 15) is 9.59 Å². The van der Waals surface area contributed by atoms with Gasteiger partial charge in [-0.25, -0.2) is 9.78 Å². The molecule has 0 N–H and O–H groups in total. The number of thiophene rings is 1. The van der Waals surface area contributed by atoms with Crippen molar-refractivity contribution in [3.05, 3.63) is 86.3 Å². The van der Waals surface area contributed by atoms with Gasteiger partial charge in [-0.15, -0.1) is 11.3 Å². The fourth-order valence-electron chi connectivity index (χ4n) is 4.25. The Morgan fingerprint density at radius 2 is 1.92 bits per heavy atom. The number of nitrogens with zero attached hydrogens (tertiary/aromatic N) is 3. The normalized spacial score (nSPS) is 13.1. The molecule has 36 heavy (non-hydrogen) atoms. The Labute approximate surface area is 211 Å². The molecule has 2 heterocycles. The molecule has 2 aromatic heterocycles. The molecule has 8 nitrogen and oxygen atoms in total. The topological polar surface area (TPSA) is 92.0 Å². The zero-order valence-electron chi connectivity index (χ0n) is 20.0. The number of rotatable bonds is 7. The zero-order valence-corrected chi connectivity index (χ0v) is 20.8. The van der Waals surface area contributed by atoms with Crippen molar-refractivity contribution in [2.45, 2.75) is 32.3 Å². The van der Waals surface area contributed by atoms with Gasteiger partial charge in [-0.2, -0.15) is 9.78 Å². The molecule has 184 valence electrons. The third-order valence-electron chi connectivity index (χ3n) is 6.15. The fourth-order valence-corrected chi connectivity index (χ4v) is 5.47. The van der Waals surface area contributed by atoms with Crippen molar-refractivity contribution in [2.24, 2.45) is 5.10 Å². The molecule has 0 unspecified atom stereocenters. The Balaban J connectivity index is 1.32. The molecular weight excluding hydrogens is 478 g/mol. The third kappa shape index (κ3) is 4.74. The number of ether oxygens (including phenoxy) is 3. The molecule has 0 saturated carbocycles. The molecule has 0 bridgehead atoms. The van der Waals surface area contributed by atoms with Crippen LogP contribution in [0.25, 0.3) is 10.2 Å². The first kappa shape index (κ1) is 23.7. The van der Waals surface area contributed by atoms with Crippen LogP contribution in [0.1, 0.15) is 44.8 Å². The fraction of sp³-hybridized carbons (Fsp3) is 0.259. The monoisotopic (exact) mass is 503 g/mol. The van der Waals surface area contributed by atoms with Crippen molar-refractivity contribution in [3.63, 3.8) is 0 Å². The predicted molar refractivity (Wildman–Crippen MR) is 139 cm³/mol. The van der Waals surface area contributed by atoms with Crippen molar-refractivity contribution < 1.29 is 19.0 Å². The Hall–Kier alpha value is -3.98. The Kier molecular flexibility index (Phi) is 6.81. The molecule has 0 atom stereocenters. The second kappa shape index (κ2) is 10.3. The van der Waals surface area contributed by atoms with E-state index in [1.54, 1.807) is 48.9 Å². The van der Waals surface area contributed by atoms with Gasteiger partial charge in [0.25, 0.3) is 5.56 Å². The molecular formula is C27H25N3O5S. The van der Waals surface area contributed by atoms with E-state index in [2.05, 4.69) is 10.1 Å². The lowest BCUT2D eigenvalue weighted by Crippen LogP contribution is -2.18. The van der Waals surface area contributed by atoms with Crippen molar-refractivity contribution in [1.82, 2.24) is 9.66 Å². The standard InChI is InChI=1S/C27H25N3O5S/c1-33-22-13-18(9-12-21(22)35-15-17-7-10-19(11-8-17)27(32)34-2)14-29-30-16-28-25-24(26(30)31)20-5-3-4-6-23(20)36-25/h7-14,16H,3-6,15H2,1-2H3. The summed E-state index contributed by atoms with van der Waals surface area (Å²) in [6.07, 6.45) is 7.29. The first-order valence-corrected chi connectivity index (χ1v) is 12.4. The highest BCUT2D eigenvalue weighted by atomic mass is 32.1. The van der Waals surface area contributed by atoms with Crippen LogP contribution in [0.15, 0.2) is 58.7 Å². The summed E-state index contributed by atoms with van der Waals surface area (Å²) in [5.74, 6) is 0.726. The number of carbonyl (C=O) groups excluding carboxylic acids is 1. The maximum Gasteiger partial charge on any atom is 0.337 e. The van der Waals surface area contributed by atoms with Crippen LogP contribution in [0.3, 0.4) is 0 Å². The number of methoxy groups -OCH3 is 2. The molecule has 2 aromatic carbocycles. The van der Waals surface area contributed by atoms with E-state index in [4.69, 9.17) is 14.2 Å². The van der Waals surface area contributed by atoms with Gasteiger partial charge in [0.1, 0.15) is 17.8 Å². The molecule has 0 amide bonds. The summed E-state index contributed by atoms with van der Waals surface area (Å²) < 4.78 is 17.4. The Morgan fingerprint density at radius 3 is 2.69 bits per heavy atom. The first-order valence-electron chi connectivity index (χ1n) is 11.6. The summed E-state index contributed by atoms with van der Waals surface area (Å²) in [5.41, 5.74) is 3.14. The molecule has 0 fully saturated rings. The molecule has 4 aromatic rings. The molecule has 0 saturated heterocycles. The Morgan fingerprint density at radius 1 is 1.11 bits per heavy atom. The summed E-state index contributed by atoms with van der Waals surface area (Å²) in [6.45, 7) is 0.303. The first-order chi connectivity index (χ1) is 17.6. The lowest BCUT2D eigenvalue weighted by Gasteiger charge is -2.11. The molecule has 0 aliphatic heterocycles. The van der Waals surface area contributed by atoms with Crippen LogP contribution in [0.5, 0.6) is 11.5 Å². The van der Waals surface area contributed by atoms with Gasteiger partial charge < -0.3 is 14.2 Å². The van der Waals surface area contributed by atoms with Gasteiger partial charge in [-0.3, -0.25) is 4.79 Å². The van der Waals surface area contributed by atoms with E-state index < -0.39 is 0 Å². The van der Waals surface area contributed by atoms with E-state index in [1.807, 2.05) is 18.2 Å². The van der Waals surface area contributed by atoms with Crippen molar-refractivity contribution in [3.8, 4) is 11.5 Å². The third-order valence-corrected chi connectivity index (χ3v) is 7.35. The second-order valence-corrected chi connectivity index (χ2v) is 9.50. The predicted octanol–water partition coefficient (Wildman–Crippen LogP) is 4.59. The van der Waals surface area contributed by atoms with E-state index >= 15 is 0 Å². The molecule has 1 aliphatic rings. The van der Waals surface area contributed by atoms with Gasteiger partial charge in [0.2, 0.25) is 0 Å². The number of carbonyl (C=O) groups is 1. The second-order valence-electron chi connectivity index (χ2n) is 8.42. The minimum atomic E-state index is -0.381. The van der Waals surface area contributed by atoms with Crippen LogP contribution >= 0.6 is 11.3 Å². The van der Waals surface area contributed by atoms with Crippen LogP contribution in [0.2, 0.25) is 0 Å². The van der Waals surface area contributed by atoms with E-state index in [0.717, 1.165) is 47.2 Å². The zero-order chi connectivity index (χ0) is 25.1. The van der Waals surface area contributed by atoms with Crippen LogP contribution in [-0.4, -0.2) is 36.1 Å². The smallest absolute Gasteiger partial charge is 0.337 e. The minimum Gasteiger partial charge on any atom is -0.493 e. The molecule has 0 radical (unpaired) electrons. The van der Waals surface area contributed by atoms with E-state index in [-0.39, 0.29) is 11.5 Å². The highest BCUT2D eigenvalue weighted by Crippen LogP contribution is 2.33. The van der Waals surface area contributed by atoms with Gasteiger partial charge in [0.15, 0.2) is 11.5 Å². The number of aryl methyl sites for hydroxylation is 2. The number of hydrogen-bond donors (Lipinski definition) is 0. The van der Waals surface area contributed by atoms with E-state index in [0.29, 0.717) is 29.1 Å². The Bertz CT molecular complexity index is 1500. The average molecular weight is 504 g/mol. The number of esters is 1. The average Bonchev–Trinajstić information content (AvgIpc) is 3.31. The van der Waals surface area contributed by atoms with Gasteiger partial charge in [-0.1, -0.05) is 12.1 Å². The molecule has 0 spiro atoms. The molecule has 5 rings (SSSR count). The van der Waals surface area contributed by atoms with Crippen LogP contribution in [-0.2, 0) is 24.2 Å². The highest BCUT2D eigenvalue weighted by Gasteiger charge is 2.19. The van der Waals surface area contributed by atoms with Crippen molar-refractivity contribution >= 4 is 33.7 Å². The van der Waals surface area contributed by atoms with Gasteiger partial charge >= 0.3 is 5.97 Å². The van der Waals surface area contributed by atoms with Crippen molar-refractivity contribution in [2.75, 3.05) is 14.2 Å². The SMILES string of the molecule is COC(=O)c1ccc(COc2ccc(C=Nn3cnc4sc5c(c4c3=O)CCCC5)cc2OC)cc1. The lowest BCUT2D eigenvalue weighted by atomic mass is 9.97. The maximum atomic E-state index is 13.1.